The zero-order valence-corrected chi connectivity index (χ0v) is 15.2. The Kier molecular flexibility index (Phi) is 8.77. The topological polar surface area (TPSA) is 90.9 Å². The van der Waals surface area contributed by atoms with E-state index in [2.05, 4.69) is 10.1 Å². The van der Waals surface area contributed by atoms with Crippen LogP contribution < -0.4 is 10.1 Å². The van der Waals surface area contributed by atoms with Crippen molar-refractivity contribution in [1.29, 1.82) is 0 Å². The lowest BCUT2D eigenvalue weighted by Gasteiger charge is -2.21. The van der Waals surface area contributed by atoms with Crippen molar-refractivity contribution in [2.24, 2.45) is 5.92 Å². The minimum Gasteiger partial charge on any atom is -0.482 e. The number of ether oxygens (including phenoxy) is 3. The van der Waals surface area contributed by atoms with Gasteiger partial charge in [0.05, 0.1) is 7.11 Å². The van der Waals surface area contributed by atoms with E-state index in [1.165, 1.54) is 7.11 Å². The number of benzene rings is 1. The summed E-state index contributed by atoms with van der Waals surface area (Å²) in [5, 5.41) is 2.98. The fourth-order valence-electron chi connectivity index (χ4n) is 1.90. The zero-order valence-electron chi connectivity index (χ0n) is 14.4. The van der Waals surface area contributed by atoms with Gasteiger partial charge in [-0.3, -0.25) is 4.79 Å². The molecule has 0 spiro atoms. The SMILES string of the molecule is CC[C@@H](C)[C@@H](NC(=O)COC(=O)COc1cccc(Cl)c1)C(=O)OC. The summed E-state index contributed by atoms with van der Waals surface area (Å²) in [6.45, 7) is 2.83. The number of nitrogens with one attached hydrogen (secondary N) is 1. The first-order valence-electron chi connectivity index (χ1n) is 7.78. The number of rotatable bonds is 9. The van der Waals surface area contributed by atoms with E-state index >= 15 is 0 Å². The second kappa shape index (κ2) is 10.6. The predicted molar refractivity (Wildman–Crippen MR) is 91.3 cm³/mol. The van der Waals surface area contributed by atoms with Gasteiger partial charge < -0.3 is 19.5 Å². The molecule has 1 amide bonds. The van der Waals surface area contributed by atoms with Gasteiger partial charge in [-0.15, -0.1) is 0 Å². The highest BCUT2D eigenvalue weighted by molar-refractivity contribution is 6.30. The van der Waals surface area contributed by atoms with Crippen LogP contribution in [-0.4, -0.2) is 44.2 Å². The van der Waals surface area contributed by atoms with Gasteiger partial charge in [0.1, 0.15) is 11.8 Å². The van der Waals surface area contributed by atoms with E-state index in [1.54, 1.807) is 24.3 Å². The van der Waals surface area contributed by atoms with E-state index < -0.39 is 30.5 Å². The first-order valence-corrected chi connectivity index (χ1v) is 8.16. The number of halogens is 1. The van der Waals surface area contributed by atoms with E-state index in [1.807, 2.05) is 13.8 Å². The smallest absolute Gasteiger partial charge is 0.344 e. The van der Waals surface area contributed by atoms with Gasteiger partial charge >= 0.3 is 11.9 Å². The van der Waals surface area contributed by atoms with Gasteiger partial charge in [-0.25, -0.2) is 9.59 Å². The summed E-state index contributed by atoms with van der Waals surface area (Å²) >= 11 is 5.80. The zero-order chi connectivity index (χ0) is 18.8. The quantitative estimate of drug-likeness (QED) is 0.667. The van der Waals surface area contributed by atoms with Crippen LogP contribution in [0.4, 0.5) is 0 Å². The molecule has 25 heavy (non-hydrogen) atoms. The van der Waals surface area contributed by atoms with Crippen molar-refractivity contribution in [2.75, 3.05) is 20.3 Å². The van der Waals surface area contributed by atoms with Crippen molar-refractivity contribution in [1.82, 2.24) is 5.32 Å². The van der Waals surface area contributed by atoms with E-state index in [-0.39, 0.29) is 12.5 Å². The molecule has 2 atom stereocenters. The molecule has 0 unspecified atom stereocenters. The summed E-state index contributed by atoms with van der Waals surface area (Å²) in [4.78, 5) is 35.2. The van der Waals surface area contributed by atoms with E-state index in [9.17, 15) is 14.4 Å². The highest BCUT2D eigenvalue weighted by Gasteiger charge is 2.26. The lowest BCUT2D eigenvalue weighted by atomic mass is 9.99. The van der Waals surface area contributed by atoms with Gasteiger partial charge in [-0.1, -0.05) is 37.9 Å². The normalized spacial score (nSPS) is 12.6. The van der Waals surface area contributed by atoms with Crippen molar-refractivity contribution in [3.8, 4) is 5.75 Å². The van der Waals surface area contributed by atoms with Crippen LogP contribution in [0.15, 0.2) is 24.3 Å². The maximum atomic E-state index is 11.9. The second-order valence-electron chi connectivity index (χ2n) is 5.36. The largest absolute Gasteiger partial charge is 0.482 e. The molecule has 138 valence electrons. The summed E-state index contributed by atoms with van der Waals surface area (Å²) < 4.78 is 14.7. The molecule has 0 radical (unpaired) electrons. The Hall–Kier alpha value is -2.28. The maximum Gasteiger partial charge on any atom is 0.344 e. The number of carbonyl (C=O) groups excluding carboxylic acids is 3. The number of hydrogen-bond acceptors (Lipinski definition) is 6. The number of hydrogen-bond donors (Lipinski definition) is 1. The highest BCUT2D eigenvalue weighted by atomic mass is 35.5. The Balaban J connectivity index is 2.41. The van der Waals surface area contributed by atoms with Gasteiger partial charge in [-0.05, 0) is 24.1 Å². The van der Waals surface area contributed by atoms with Crippen molar-refractivity contribution in [3.63, 3.8) is 0 Å². The van der Waals surface area contributed by atoms with Crippen LogP contribution in [0.3, 0.4) is 0 Å². The minimum absolute atomic E-state index is 0.113. The summed E-state index contributed by atoms with van der Waals surface area (Å²) in [6.07, 6.45) is 0.674. The molecule has 0 aliphatic carbocycles. The van der Waals surface area contributed by atoms with Gasteiger partial charge in [0.15, 0.2) is 13.2 Å². The van der Waals surface area contributed by atoms with Gasteiger partial charge in [0, 0.05) is 5.02 Å². The molecule has 0 fully saturated rings. The van der Waals surface area contributed by atoms with Crippen LogP contribution in [-0.2, 0) is 23.9 Å². The summed E-state index contributed by atoms with van der Waals surface area (Å²) in [5.41, 5.74) is 0. The van der Waals surface area contributed by atoms with Crippen LogP contribution in [0.25, 0.3) is 0 Å². The molecule has 0 heterocycles. The van der Waals surface area contributed by atoms with Crippen LogP contribution >= 0.6 is 11.6 Å². The number of carbonyl (C=O) groups is 3. The van der Waals surface area contributed by atoms with Crippen molar-refractivity contribution >= 4 is 29.4 Å². The lowest BCUT2D eigenvalue weighted by molar-refractivity contribution is -0.152. The third kappa shape index (κ3) is 7.43. The third-order valence-corrected chi connectivity index (χ3v) is 3.74. The second-order valence-corrected chi connectivity index (χ2v) is 5.80. The summed E-state index contributed by atoms with van der Waals surface area (Å²) in [6, 6.07) is 5.75. The maximum absolute atomic E-state index is 11.9. The Morgan fingerprint density at radius 3 is 2.56 bits per heavy atom. The fraction of sp³-hybridized carbons (Fsp3) is 0.471. The molecule has 0 bridgehead atoms. The van der Waals surface area contributed by atoms with Gasteiger partial charge in [-0.2, -0.15) is 0 Å². The molecule has 0 aromatic heterocycles. The molecular formula is C17H22ClNO6. The monoisotopic (exact) mass is 371 g/mol. The Labute approximate surface area is 151 Å². The Morgan fingerprint density at radius 1 is 1.24 bits per heavy atom. The predicted octanol–water partition coefficient (Wildman–Crippen LogP) is 1.97. The third-order valence-electron chi connectivity index (χ3n) is 3.50. The average Bonchev–Trinajstić information content (AvgIpc) is 2.61. The fourth-order valence-corrected chi connectivity index (χ4v) is 2.08. The molecular weight excluding hydrogens is 350 g/mol. The molecule has 8 heteroatoms. The van der Waals surface area contributed by atoms with E-state index in [4.69, 9.17) is 21.1 Å². The molecule has 1 aromatic rings. The Morgan fingerprint density at radius 2 is 1.96 bits per heavy atom. The summed E-state index contributed by atoms with van der Waals surface area (Å²) in [7, 11) is 1.25. The highest BCUT2D eigenvalue weighted by Crippen LogP contribution is 2.16. The van der Waals surface area contributed by atoms with Crippen LogP contribution in [0.1, 0.15) is 20.3 Å². The standard InChI is InChI=1S/C17H22ClNO6/c1-4-11(2)16(17(22)23-3)19-14(20)9-25-15(21)10-24-13-7-5-6-12(18)8-13/h5-8,11,16H,4,9-10H2,1-3H3,(H,19,20)/t11-,16-/m1/s1. The molecule has 0 aliphatic rings. The lowest BCUT2D eigenvalue weighted by Crippen LogP contribution is -2.47. The molecule has 1 rings (SSSR count). The minimum atomic E-state index is -0.788. The Bertz CT molecular complexity index is 607. The van der Waals surface area contributed by atoms with Crippen molar-refractivity contribution < 1.29 is 28.6 Å². The number of esters is 2. The van der Waals surface area contributed by atoms with Crippen molar-refractivity contribution in [3.05, 3.63) is 29.3 Å². The summed E-state index contributed by atoms with van der Waals surface area (Å²) in [5.74, 6) is -1.55. The first kappa shape index (κ1) is 20.8. The molecule has 1 aromatic carbocycles. The van der Waals surface area contributed by atoms with E-state index in [0.29, 0.717) is 17.2 Å². The van der Waals surface area contributed by atoms with Gasteiger partial charge in [0.25, 0.3) is 5.91 Å². The molecule has 0 saturated carbocycles. The average molecular weight is 372 g/mol. The molecule has 0 aliphatic heterocycles. The van der Waals surface area contributed by atoms with Gasteiger partial charge in [0.2, 0.25) is 0 Å². The van der Waals surface area contributed by atoms with Crippen LogP contribution in [0.2, 0.25) is 5.02 Å². The van der Waals surface area contributed by atoms with E-state index in [0.717, 1.165) is 0 Å². The molecule has 7 nitrogen and oxygen atoms in total. The molecule has 1 N–H and O–H groups in total. The van der Waals surface area contributed by atoms with Crippen LogP contribution in [0, 0.1) is 5.92 Å². The number of amides is 1. The van der Waals surface area contributed by atoms with Crippen LogP contribution in [0.5, 0.6) is 5.75 Å². The van der Waals surface area contributed by atoms with Crippen molar-refractivity contribution in [2.45, 2.75) is 26.3 Å². The first-order chi connectivity index (χ1) is 11.9. The number of methoxy groups -OCH3 is 1. The molecule has 0 saturated heterocycles.